The molecule has 0 saturated carbocycles. The lowest BCUT2D eigenvalue weighted by atomic mass is 10.2. The molecule has 2 N–H and O–H groups in total. The molecule has 0 aliphatic heterocycles. The Labute approximate surface area is 147 Å². The molecule has 0 saturated heterocycles. The van der Waals surface area contributed by atoms with E-state index in [1.807, 2.05) is 55.3 Å². The molecular weight excluding hydrogens is 332 g/mol. The number of aromatic amines is 2. The number of fused-ring (bicyclic) bond motifs is 1. The topological polar surface area (TPSA) is 99.7 Å². The second-order valence-corrected chi connectivity index (χ2v) is 5.88. The first kappa shape index (κ1) is 15.8. The largest absolute Gasteiger partial charge is 0.348 e. The van der Waals surface area contributed by atoms with Crippen molar-refractivity contribution in [3.05, 3.63) is 75.3 Å². The van der Waals surface area contributed by atoms with Crippen molar-refractivity contribution in [2.75, 3.05) is 11.9 Å². The van der Waals surface area contributed by atoms with E-state index in [0.29, 0.717) is 11.5 Å². The van der Waals surface area contributed by atoms with Gasteiger partial charge in [-0.15, -0.1) is 0 Å². The average Bonchev–Trinajstić information content (AvgIpc) is 2.99. The van der Waals surface area contributed by atoms with E-state index < -0.39 is 11.4 Å². The highest BCUT2D eigenvalue weighted by atomic mass is 16.2. The van der Waals surface area contributed by atoms with Gasteiger partial charge in [0.1, 0.15) is 11.6 Å². The molecule has 2 heterocycles. The van der Waals surface area contributed by atoms with E-state index in [9.17, 15) is 9.59 Å². The lowest BCUT2D eigenvalue weighted by Crippen LogP contribution is -2.24. The van der Waals surface area contributed by atoms with Gasteiger partial charge >= 0.3 is 11.4 Å². The maximum atomic E-state index is 11.7. The Hall–Kier alpha value is -3.68. The van der Waals surface area contributed by atoms with Gasteiger partial charge in [-0.2, -0.15) is 0 Å². The van der Waals surface area contributed by atoms with Gasteiger partial charge in [0.15, 0.2) is 0 Å². The summed E-state index contributed by atoms with van der Waals surface area (Å²) in [5, 5.41) is 5.48. The fraction of sp³-hybridized carbons (Fsp3) is 0.111. The van der Waals surface area contributed by atoms with E-state index in [4.69, 9.17) is 0 Å². The van der Waals surface area contributed by atoms with Crippen LogP contribution in [0.5, 0.6) is 0 Å². The fourth-order valence-electron chi connectivity index (χ4n) is 2.92. The number of aryl methyl sites for hydroxylation is 1. The summed E-state index contributed by atoms with van der Waals surface area (Å²) in [6.45, 7) is 1.86. The zero-order valence-corrected chi connectivity index (χ0v) is 14.2. The number of rotatable bonds is 3. The van der Waals surface area contributed by atoms with Gasteiger partial charge in [-0.25, -0.2) is 34.3 Å². The van der Waals surface area contributed by atoms with E-state index in [1.54, 1.807) is 12.1 Å². The smallest absolute Gasteiger partial charge is 0.329 e. The van der Waals surface area contributed by atoms with Crippen molar-refractivity contribution in [1.29, 1.82) is 0 Å². The zero-order valence-electron chi connectivity index (χ0n) is 14.2. The van der Waals surface area contributed by atoms with E-state index in [1.165, 1.54) is 0 Å². The number of para-hydroxylation sites is 1. The van der Waals surface area contributed by atoms with Gasteiger partial charge in [0, 0.05) is 18.1 Å². The molecule has 0 atom stereocenters. The summed E-state index contributed by atoms with van der Waals surface area (Å²) in [6, 6.07) is 14.9. The SMILES string of the molecule is Cc1nc(N(C)c2ccc(-n3c(=O)[nH][nH]c3=O)cc2)c2ccccc2n1. The fourth-order valence-corrected chi connectivity index (χ4v) is 2.92. The van der Waals surface area contributed by atoms with Crippen molar-refractivity contribution in [2.45, 2.75) is 6.92 Å². The van der Waals surface area contributed by atoms with Gasteiger partial charge in [-0.05, 0) is 43.3 Å². The Bertz CT molecular complexity index is 1180. The monoisotopic (exact) mass is 348 g/mol. The van der Waals surface area contributed by atoms with Gasteiger partial charge in [0.25, 0.3) is 0 Å². The van der Waals surface area contributed by atoms with Crippen LogP contribution in [0.4, 0.5) is 11.5 Å². The summed E-state index contributed by atoms with van der Waals surface area (Å²) in [5.74, 6) is 1.48. The molecule has 26 heavy (non-hydrogen) atoms. The molecule has 0 radical (unpaired) electrons. The predicted octanol–water partition coefficient (Wildman–Crippen LogP) is 1.87. The second kappa shape index (κ2) is 5.99. The summed E-state index contributed by atoms with van der Waals surface area (Å²) < 4.78 is 1.04. The molecule has 4 aromatic rings. The zero-order chi connectivity index (χ0) is 18.3. The number of nitrogens with one attached hydrogen (secondary N) is 2. The van der Waals surface area contributed by atoms with E-state index >= 15 is 0 Å². The van der Waals surface area contributed by atoms with Crippen LogP contribution in [0.15, 0.2) is 58.1 Å². The van der Waals surface area contributed by atoms with Crippen molar-refractivity contribution < 1.29 is 0 Å². The maximum absolute atomic E-state index is 11.7. The molecule has 0 unspecified atom stereocenters. The Morgan fingerprint density at radius 3 is 2.27 bits per heavy atom. The quantitative estimate of drug-likeness (QED) is 0.589. The van der Waals surface area contributed by atoms with Crippen LogP contribution in [0.1, 0.15) is 5.82 Å². The molecule has 130 valence electrons. The summed E-state index contributed by atoms with van der Waals surface area (Å²) in [5.41, 5.74) is 1.22. The van der Waals surface area contributed by atoms with Crippen LogP contribution in [0.25, 0.3) is 16.6 Å². The number of aromatic nitrogens is 5. The number of hydrogen-bond acceptors (Lipinski definition) is 5. The van der Waals surface area contributed by atoms with Crippen molar-refractivity contribution in [1.82, 2.24) is 24.7 Å². The number of nitrogens with zero attached hydrogens (tertiary/aromatic N) is 4. The van der Waals surface area contributed by atoms with Crippen molar-refractivity contribution in [3.63, 3.8) is 0 Å². The molecule has 2 aromatic carbocycles. The predicted molar refractivity (Wildman–Crippen MR) is 99.3 cm³/mol. The van der Waals surface area contributed by atoms with Gasteiger partial charge < -0.3 is 4.90 Å². The summed E-state index contributed by atoms with van der Waals surface area (Å²) in [6.07, 6.45) is 0. The highest BCUT2D eigenvalue weighted by Gasteiger charge is 2.12. The second-order valence-electron chi connectivity index (χ2n) is 5.88. The lowest BCUT2D eigenvalue weighted by Gasteiger charge is -2.20. The minimum absolute atomic E-state index is 0.485. The Morgan fingerprint density at radius 1 is 0.923 bits per heavy atom. The third-order valence-corrected chi connectivity index (χ3v) is 4.19. The third kappa shape index (κ3) is 2.57. The first-order chi connectivity index (χ1) is 12.5. The summed E-state index contributed by atoms with van der Waals surface area (Å²) >= 11 is 0. The van der Waals surface area contributed by atoms with E-state index in [-0.39, 0.29) is 0 Å². The van der Waals surface area contributed by atoms with Gasteiger partial charge in [-0.1, -0.05) is 12.1 Å². The molecule has 0 aliphatic rings. The third-order valence-electron chi connectivity index (χ3n) is 4.19. The number of H-pyrrole nitrogens is 2. The highest BCUT2D eigenvalue weighted by Crippen LogP contribution is 2.28. The normalized spacial score (nSPS) is 11.0. The van der Waals surface area contributed by atoms with Crippen LogP contribution >= 0.6 is 0 Å². The van der Waals surface area contributed by atoms with E-state index in [2.05, 4.69) is 20.2 Å². The molecule has 8 heteroatoms. The molecule has 0 amide bonds. The summed E-state index contributed by atoms with van der Waals surface area (Å²) in [4.78, 5) is 34.4. The van der Waals surface area contributed by atoms with Crippen LogP contribution in [0.3, 0.4) is 0 Å². The minimum atomic E-state index is -0.506. The number of benzene rings is 2. The van der Waals surface area contributed by atoms with Gasteiger partial charge in [-0.3, -0.25) is 0 Å². The molecule has 0 fully saturated rings. The van der Waals surface area contributed by atoms with Crippen LogP contribution < -0.4 is 16.3 Å². The van der Waals surface area contributed by atoms with Crippen LogP contribution in [0.2, 0.25) is 0 Å². The van der Waals surface area contributed by atoms with Gasteiger partial charge in [0.05, 0.1) is 11.2 Å². The van der Waals surface area contributed by atoms with Crippen molar-refractivity contribution >= 4 is 22.4 Å². The number of anilines is 2. The first-order valence-electron chi connectivity index (χ1n) is 8.02. The first-order valence-corrected chi connectivity index (χ1v) is 8.02. The molecular formula is C18H16N6O2. The van der Waals surface area contributed by atoms with Crippen LogP contribution in [0, 0.1) is 6.92 Å². The number of hydrogen-bond donors (Lipinski definition) is 2. The van der Waals surface area contributed by atoms with Crippen LogP contribution in [-0.2, 0) is 0 Å². The average molecular weight is 348 g/mol. The lowest BCUT2D eigenvalue weighted by molar-refractivity contribution is 0.951. The van der Waals surface area contributed by atoms with Gasteiger partial charge in [0.2, 0.25) is 0 Å². The summed E-state index contributed by atoms with van der Waals surface area (Å²) in [7, 11) is 1.92. The molecule has 4 rings (SSSR count). The molecule has 8 nitrogen and oxygen atoms in total. The Morgan fingerprint density at radius 2 is 1.58 bits per heavy atom. The molecule has 0 bridgehead atoms. The van der Waals surface area contributed by atoms with Crippen LogP contribution in [-0.4, -0.2) is 31.8 Å². The van der Waals surface area contributed by atoms with Crippen molar-refractivity contribution in [3.8, 4) is 5.69 Å². The Kier molecular flexibility index (Phi) is 3.65. The highest BCUT2D eigenvalue weighted by molar-refractivity contribution is 5.91. The van der Waals surface area contributed by atoms with Crippen molar-refractivity contribution in [2.24, 2.45) is 0 Å². The molecule has 2 aromatic heterocycles. The molecule has 0 spiro atoms. The Balaban J connectivity index is 1.77. The standard InChI is InChI=1S/C18H16N6O2/c1-11-19-15-6-4-3-5-14(15)16(20-11)23(2)12-7-9-13(10-8-12)24-17(25)21-22-18(24)26/h3-10H,1-2H3,(H,21,25)(H,22,26). The maximum Gasteiger partial charge on any atom is 0.348 e. The minimum Gasteiger partial charge on any atom is -0.329 e. The van der Waals surface area contributed by atoms with E-state index in [0.717, 1.165) is 27.0 Å². The molecule has 0 aliphatic carbocycles.